The van der Waals surface area contributed by atoms with Crippen molar-refractivity contribution < 1.29 is 17.6 Å². The summed E-state index contributed by atoms with van der Waals surface area (Å²) in [6, 6.07) is 8.68. The van der Waals surface area contributed by atoms with E-state index in [2.05, 4.69) is 5.32 Å². The molecule has 1 amide bonds. The summed E-state index contributed by atoms with van der Waals surface area (Å²) in [6.45, 7) is 0.595. The van der Waals surface area contributed by atoms with Crippen LogP contribution in [0, 0.1) is 5.82 Å². The zero-order valence-electron chi connectivity index (χ0n) is 12.8. The van der Waals surface area contributed by atoms with Gasteiger partial charge in [-0.1, -0.05) is 18.2 Å². The molecule has 0 bridgehead atoms. The summed E-state index contributed by atoms with van der Waals surface area (Å²) >= 11 is 1.18. The van der Waals surface area contributed by atoms with Gasteiger partial charge in [0.15, 0.2) is 0 Å². The summed E-state index contributed by atoms with van der Waals surface area (Å²) in [7, 11) is -3.54. The lowest BCUT2D eigenvalue weighted by molar-refractivity contribution is 0.0942. The van der Waals surface area contributed by atoms with Gasteiger partial charge >= 0.3 is 0 Å². The van der Waals surface area contributed by atoms with Gasteiger partial charge in [-0.25, -0.2) is 12.8 Å². The summed E-state index contributed by atoms with van der Waals surface area (Å²) in [5, 5.41) is 4.37. The summed E-state index contributed by atoms with van der Waals surface area (Å²) in [5.74, 6) is -1.13. The normalized spacial score (nSPS) is 18.6. The molecule has 1 fully saturated rings. The Balaban J connectivity index is 1.69. The van der Waals surface area contributed by atoms with Gasteiger partial charge in [0.1, 0.15) is 10.0 Å². The maximum Gasteiger partial charge on any atom is 0.254 e. The highest BCUT2D eigenvalue weighted by Gasteiger charge is 2.35. The van der Waals surface area contributed by atoms with E-state index in [-0.39, 0.29) is 18.2 Å². The predicted octanol–water partition coefficient (Wildman–Crippen LogP) is 2.47. The Morgan fingerprint density at radius 2 is 2.08 bits per heavy atom. The molecule has 0 saturated carbocycles. The second-order valence-electron chi connectivity index (χ2n) is 5.53. The molecule has 128 valence electrons. The first-order valence-corrected chi connectivity index (χ1v) is 9.90. The van der Waals surface area contributed by atoms with Crippen LogP contribution in [-0.4, -0.2) is 37.8 Å². The van der Waals surface area contributed by atoms with E-state index in [1.807, 2.05) is 0 Å². The molecule has 0 spiro atoms. The lowest BCUT2D eigenvalue weighted by Crippen LogP contribution is -2.43. The summed E-state index contributed by atoms with van der Waals surface area (Å²) in [5.41, 5.74) is -0.0387. The second kappa shape index (κ2) is 7.00. The molecule has 1 aromatic carbocycles. The molecular weight excluding hydrogens is 351 g/mol. The highest BCUT2D eigenvalue weighted by atomic mass is 32.2. The fourth-order valence-corrected chi connectivity index (χ4v) is 5.62. The Morgan fingerprint density at radius 1 is 1.29 bits per heavy atom. The molecule has 0 unspecified atom stereocenters. The zero-order chi connectivity index (χ0) is 17.2. The quantitative estimate of drug-likeness (QED) is 0.882. The van der Waals surface area contributed by atoms with Crippen molar-refractivity contribution >= 4 is 27.3 Å². The number of nitrogens with zero attached hydrogens (tertiary/aromatic N) is 1. The zero-order valence-corrected chi connectivity index (χ0v) is 14.4. The highest BCUT2D eigenvalue weighted by Crippen LogP contribution is 2.28. The molecule has 1 N–H and O–H groups in total. The minimum Gasteiger partial charge on any atom is -0.350 e. The predicted molar refractivity (Wildman–Crippen MR) is 90.0 cm³/mol. The van der Waals surface area contributed by atoms with Gasteiger partial charge in [0.05, 0.1) is 5.56 Å². The van der Waals surface area contributed by atoms with Crippen LogP contribution in [-0.2, 0) is 10.0 Å². The summed E-state index contributed by atoms with van der Waals surface area (Å²) < 4.78 is 40.6. The first-order chi connectivity index (χ1) is 11.5. The van der Waals surface area contributed by atoms with Crippen LogP contribution in [0.4, 0.5) is 4.39 Å². The molecule has 8 heteroatoms. The topological polar surface area (TPSA) is 66.5 Å². The Morgan fingerprint density at radius 3 is 2.79 bits per heavy atom. The third-order valence-electron chi connectivity index (χ3n) is 4.00. The van der Waals surface area contributed by atoms with Gasteiger partial charge in [-0.2, -0.15) is 4.31 Å². The fourth-order valence-electron chi connectivity index (χ4n) is 2.81. The maximum absolute atomic E-state index is 13.6. The smallest absolute Gasteiger partial charge is 0.254 e. The number of carbonyl (C=O) groups is 1. The summed E-state index contributed by atoms with van der Waals surface area (Å²) in [4.78, 5) is 12.1. The fraction of sp³-hybridized carbons (Fsp3) is 0.312. The van der Waals surface area contributed by atoms with Crippen molar-refractivity contribution in [3.8, 4) is 0 Å². The van der Waals surface area contributed by atoms with Crippen molar-refractivity contribution in [2.24, 2.45) is 0 Å². The van der Waals surface area contributed by atoms with Crippen molar-refractivity contribution in [2.45, 2.75) is 23.1 Å². The molecule has 1 aromatic heterocycles. The third kappa shape index (κ3) is 3.35. The van der Waals surface area contributed by atoms with Gasteiger partial charge < -0.3 is 5.32 Å². The van der Waals surface area contributed by atoms with Crippen molar-refractivity contribution in [2.75, 3.05) is 13.1 Å². The van der Waals surface area contributed by atoms with Gasteiger partial charge in [-0.15, -0.1) is 11.3 Å². The molecule has 24 heavy (non-hydrogen) atoms. The van der Waals surface area contributed by atoms with E-state index in [9.17, 15) is 17.6 Å². The van der Waals surface area contributed by atoms with Crippen molar-refractivity contribution in [1.82, 2.24) is 9.62 Å². The molecule has 2 heterocycles. The van der Waals surface area contributed by atoms with Crippen molar-refractivity contribution in [1.29, 1.82) is 0 Å². The van der Waals surface area contributed by atoms with Crippen molar-refractivity contribution in [3.63, 3.8) is 0 Å². The average Bonchev–Trinajstić information content (AvgIpc) is 3.25. The number of rotatable bonds is 5. The lowest BCUT2D eigenvalue weighted by Gasteiger charge is -2.23. The summed E-state index contributed by atoms with van der Waals surface area (Å²) in [6.07, 6.45) is 1.41. The minimum absolute atomic E-state index is 0.0387. The van der Waals surface area contributed by atoms with E-state index < -0.39 is 21.7 Å². The molecule has 0 radical (unpaired) electrons. The molecule has 0 aliphatic carbocycles. The molecular formula is C16H17FN2O3S2. The number of halogens is 1. The standard InChI is InChI=1S/C16H17FN2O3S2/c17-14-7-2-1-6-13(14)16(20)18-11-12-5-3-9-19(12)24(21,22)15-8-4-10-23-15/h1-2,4,6-8,10,12H,3,5,9,11H2,(H,18,20)/t12-/m0/s1. The van der Waals surface area contributed by atoms with E-state index in [4.69, 9.17) is 0 Å². The molecule has 1 aliphatic rings. The second-order valence-corrected chi connectivity index (χ2v) is 8.60. The number of hydrogen-bond donors (Lipinski definition) is 1. The van der Waals surface area contributed by atoms with Crippen LogP contribution in [0.25, 0.3) is 0 Å². The third-order valence-corrected chi connectivity index (χ3v) is 7.32. The Hall–Kier alpha value is -1.77. The maximum atomic E-state index is 13.6. The number of thiophene rings is 1. The van der Waals surface area contributed by atoms with Crippen LogP contribution in [0.15, 0.2) is 46.0 Å². The van der Waals surface area contributed by atoms with Crippen LogP contribution < -0.4 is 5.32 Å². The average molecular weight is 368 g/mol. The number of amides is 1. The molecule has 1 aliphatic heterocycles. The van der Waals surface area contributed by atoms with Crippen LogP contribution in [0.3, 0.4) is 0 Å². The van der Waals surface area contributed by atoms with Gasteiger partial charge in [0.2, 0.25) is 0 Å². The Labute approximate surface area is 144 Å². The monoisotopic (exact) mass is 368 g/mol. The van der Waals surface area contributed by atoms with Crippen LogP contribution in [0.5, 0.6) is 0 Å². The van der Waals surface area contributed by atoms with Gasteiger partial charge in [-0.3, -0.25) is 4.79 Å². The van der Waals surface area contributed by atoms with Crippen LogP contribution in [0.1, 0.15) is 23.2 Å². The number of sulfonamides is 1. The Bertz CT molecular complexity index is 822. The Kier molecular flexibility index (Phi) is 4.98. The largest absolute Gasteiger partial charge is 0.350 e. The van der Waals surface area contributed by atoms with E-state index in [1.165, 1.54) is 33.8 Å². The molecule has 1 saturated heterocycles. The number of hydrogen-bond acceptors (Lipinski definition) is 4. The molecule has 1 atom stereocenters. The molecule has 3 rings (SSSR count). The number of carbonyl (C=O) groups excluding carboxylic acids is 1. The lowest BCUT2D eigenvalue weighted by atomic mass is 10.2. The van der Waals surface area contributed by atoms with E-state index in [1.54, 1.807) is 23.6 Å². The molecule has 2 aromatic rings. The van der Waals surface area contributed by atoms with Gasteiger partial charge in [0.25, 0.3) is 15.9 Å². The van der Waals surface area contributed by atoms with Gasteiger partial charge in [0, 0.05) is 19.1 Å². The van der Waals surface area contributed by atoms with Crippen LogP contribution >= 0.6 is 11.3 Å². The molecule has 5 nitrogen and oxygen atoms in total. The first kappa shape index (κ1) is 17.1. The first-order valence-electron chi connectivity index (χ1n) is 7.58. The highest BCUT2D eigenvalue weighted by molar-refractivity contribution is 7.91. The van der Waals surface area contributed by atoms with E-state index >= 15 is 0 Å². The SMILES string of the molecule is O=C(NC[C@@H]1CCCN1S(=O)(=O)c1cccs1)c1ccccc1F. The van der Waals surface area contributed by atoms with E-state index in [0.717, 1.165) is 6.42 Å². The van der Waals surface area contributed by atoms with Crippen molar-refractivity contribution in [3.05, 3.63) is 53.2 Å². The number of benzene rings is 1. The van der Waals surface area contributed by atoms with Crippen LogP contribution in [0.2, 0.25) is 0 Å². The minimum atomic E-state index is -3.54. The van der Waals surface area contributed by atoms with E-state index in [0.29, 0.717) is 17.2 Å². The number of nitrogens with one attached hydrogen (secondary N) is 1. The van der Waals surface area contributed by atoms with Gasteiger partial charge in [-0.05, 0) is 36.4 Å².